The van der Waals surface area contributed by atoms with Gasteiger partial charge in [0.15, 0.2) is 0 Å². The highest BCUT2D eigenvalue weighted by molar-refractivity contribution is 5.87. The molecule has 0 aromatic carbocycles. The molecule has 0 aliphatic carbocycles. The third kappa shape index (κ3) is 2.74. The maximum Gasteiger partial charge on any atom is 0.325 e. The summed E-state index contributed by atoms with van der Waals surface area (Å²) in [5.74, 6) is 0. The third-order valence-corrected chi connectivity index (χ3v) is 2.73. The van der Waals surface area contributed by atoms with Crippen molar-refractivity contribution >= 4 is 12.0 Å². The lowest BCUT2D eigenvalue weighted by Crippen LogP contribution is -2.35. The van der Waals surface area contributed by atoms with E-state index in [0.29, 0.717) is 0 Å². The molecule has 0 spiro atoms. The van der Waals surface area contributed by atoms with Crippen LogP contribution in [0.1, 0.15) is 31.4 Å². The Morgan fingerprint density at radius 2 is 2.06 bits per heavy atom. The van der Waals surface area contributed by atoms with Gasteiger partial charge in [0.1, 0.15) is 6.26 Å². The third-order valence-electron chi connectivity index (χ3n) is 2.73. The highest BCUT2D eigenvalue weighted by Crippen LogP contribution is 2.12. The highest BCUT2D eigenvalue weighted by Gasteiger charge is 2.16. The lowest BCUT2D eigenvalue weighted by Gasteiger charge is -2.19. The van der Waals surface area contributed by atoms with E-state index in [-0.39, 0.29) is 12.0 Å². The molecule has 2 amide bonds. The minimum absolute atomic E-state index is 0.108. The molecule has 88 valence electrons. The Labute approximate surface area is 94.8 Å². The van der Waals surface area contributed by atoms with Gasteiger partial charge in [-0.25, -0.2) is 4.79 Å². The van der Waals surface area contributed by atoms with Gasteiger partial charge in [-0.05, 0) is 19.8 Å². The number of nitrogens with one attached hydrogen (secondary N) is 1. The SMILES string of the molecule is Cc1coc(NC(=O)N2CCCCCC2)n1. The van der Waals surface area contributed by atoms with Crippen LogP contribution in [-0.4, -0.2) is 29.0 Å². The minimum atomic E-state index is -0.108. The van der Waals surface area contributed by atoms with E-state index in [2.05, 4.69) is 10.3 Å². The maximum absolute atomic E-state index is 11.8. The maximum atomic E-state index is 11.8. The molecule has 2 heterocycles. The molecule has 5 nitrogen and oxygen atoms in total. The van der Waals surface area contributed by atoms with E-state index in [1.807, 2.05) is 11.8 Å². The van der Waals surface area contributed by atoms with Gasteiger partial charge in [-0.3, -0.25) is 5.32 Å². The largest absolute Gasteiger partial charge is 0.432 e. The normalized spacial score (nSPS) is 16.9. The van der Waals surface area contributed by atoms with Crippen molar-refractivity contribution in [3.8, 4) is 0 Å². The molecule has 1 N–H and O–H groups in total. The molecule has 1 aliphatic heterocycles. The average molecular weight is 223 g/mol. The summed E-state index contributed by atoms with van der Waals surface area (Å²) in [5, 5.41) is 2.67. The molecule has 1 saturated heterocycles. The van der Waals surface area contributed by atoms with Gasteiger partial charge >= 0.3 is 12.0 Å². The highest BCUT2D eigenvalue weighted by atomic mass is 16.4. The van der Waals surface area contributed by atoms with E-state index in [1.54, 1.807) is 0 Å². The fourth-order valence-corrected chi connectivity index (χ4v) is 1.86. The Morgan fingerprint density at radius 1 is 1.38 bits per heavy atom. The molecular weight excluding hydrogens is 206 g/mol. The molecule has 5 heteroatoms. The summed E-state index contributed by atoms with van der Waals surface area (Å²) in [6.45, 7) is 3.47. The van der Waals surface area contributed by atoms with Crippen LogP contribution in [0.4, 0.5) is 10.8 Å². The molecule has 0 atom stereocenters. The fraction of sp³-hybridized carbons (Fsp3) is 0.636. The number of aromatic nitrogens is 1. The number of carbonyl (C=O) groups excluding carboxylic acids is 1. The van der Waals surface area contributed by atoms with Crippen LogP contribution in [0.2, 0.25) is 0 Å². The smallest absolute Gasteiger partial charge is 0.325 e. The van der Waals surface area contributed by atoms with Crippen molar-refractivity contribution in [1.29, 1.82) is 0 Å². The molecule has 0 unspecified atom stereocenters. The summed E-state index contributed by atoms with van der Waals surface area (Å²) in [6.07, 6.45) is 6.11. The van der Waals surface area contributed by atoms with Crippen LogP contribution in [0, 0.1) is 6.92 Å². The minimum Gasteiger partial charge on any atom is -0.432 e. The van der Waals surface area contributed by atoms with E-state index in [1.165, 1.54) is 19.1 Å². The second-order valence-corrected chi connectivity index (χ2v) is 4.13. The fourth-order valence-electron chi connectivity index (χ4n) is 1.86. The van der Waals surface area contributed by atoms with Gasteiger partial charge in [-0.2, -0.15) is 4.98 Å². The van der Waals surface area contributed by atoms with Crippen molar-refractivity contribution in [3.05, 3.63) is 12.0 Å². The van der Waals surface area contributed by atoms with Crippen molar-refractivity contribution in [2.24, 2.45) is 0 Å². The van der Waals surface area contributed by atoms with Gasteiger partial charge in [0.25, 0.3) is 0 Å². The van der Waals surface area contributed by atoms with Crippen LogP contribution < -0.4 is 5.32 Å². The van der Waals surface area contributed by atoms with E-state index >= 15 is 0 Å². The first-order valence-electron chi connectivity index (χ1n) is 5.74. The zero-order valence-electron chi connectivity index (χ0n) is 9.53. The Bertz CT molecular complexity index is 354. The quantitative estimate of drug-likeness (QED) is 0.795. The van der Waals surface area contributed by atoms with Crippen molar-refractivity contribution in [1.82, 2.24) is 9.88 Å². The predicted octanol–water partition coefficient (Wildman–Crippen LogP) is 2.39. The van der Waals surface area contributed by atoms with Gasteiger partial charge in [0, 0.05) is 13.1 Å². The van der Waals surface area contributed by atoms with Crippen molar-refractivity contribution in [2.75, 3.05) is 18.4 Å². The zero-order chi connectivity index (χ0) is 11.4. The first kappa shape index (κ1) is 11.0. The van der Waals surface area contributed by atoms with Gasteiger partial charge in [-0.15, -0.1) is 0 Å². The van der Waals surface area contributed by atoms with Crippen LogP contribution in [0.3, 0.4) is 0 Å². The van der Waals surface area contributed by atoms with Crippen molar-refractivity contribution in [2.45, 2.75) is 32.6 Å². The number of aryl methyl sites for hydroxylation is 1. The number of amides is 2. The monoisotopic (exact) mass is 223 g/mol. The summed E-state index contributed by atoms with van der Waals surface area (Å²) in [7, 11) is 0. The first-order chi connectivity index (χ1) is 7.75. The molecular formula is C11H17N3O2. The summed E-state index contributed by atoms with van der Waals surface area (Å²) >= 11 is 0. The first-order valence-corrected chi connectivity index (χ1v) is 5.74. The van der Waals surface area contributed by atoms with Gasteiger partial charge < -0.3 is 9.32 Å². The van der Waals surface area contributed by atoms with Crippen LogP contribution in [-0.2, 0) is 0 Å². The second-order valence-electron chi connectivity index (χ2n) is 4.13. The number of hydrogen-bond acceptors (Lipinski definition) is 3. The molecule has 0 radical (unpaired) electrons. The van der Waals surface area contributed by atoms with Crippen molar-refractivity contribution < 1.29 is 9.21 Å². The van der Waals surface area contributed by atoms with Crippen LogP contribution in [0.25, 0.3) is 0 Å². The zero-order valence-corrected chi connectivity index (χ0v) is 9.53. The van der Waals surface area contributed by atoms with E-state index in [0.717, 1.165) is 31.6 Å². The molecule has 0 saturated carbocycles. The van der Waals surface area contributed by atoms with Crippen LogP contribution in [0.5, 0.6) is 0 Å². The molecule has 1 aromatic rings. The van der Waals surface area contributed by atoms with E-state index in [4.69, 9.17) is 4.42 Å². The molecule has 1 fully saturated rings. The number of hydrogen-bond donors (Lipinski definition) is 1. The Morgan fingerprint density at radius 3 is 2.62 bits per heavy atom. The topological polar surface area (TPSA) is 58.4 Å². The molecule has 1 aliphatic rings. The van der Waals surface area contributed by atoms with Crippen LogP contribution in [0.15, 0.2) is 10.7 Å². The summed E-state index contributed by atoms with van der Waals surface area (Å²) in [6, 6.07) is 0.176. The van der Waals surface area contributed by atoms with Gasteiger partial charge in [0.2, 0.25) is 0 Å². The van der Waals surface area contributed by atoms with E-state index in [9.17, 15) is 4.79 Å². The lowest BCUT2D eigenvalue weighted by atomic mass is 10.2. The number of oxazole rings is 1. The summed E-state index contributed by atoms with van der Waals surface area (Å²) in [5.41, 5.74) is 0.770. The Hall–Kier alpha value is -1.52. The summed E-state index contributed by atoms with van der Waals surface area (Å²) < 4.78 is 5.09. The Kier molecular flexibility index (Phi) is 3.44. The van der Waals surface area contributed by atoms with Crippen molar-refractivity contribution in [3.63, 3.8) is 0 Å². The number of anilines is 1. The Balaban J connectivity index is 1.91. The predicted molar refractivity (Wildman–Crippen MR) is 60.3 cm³/mol. The number of nitrogens with zero attached hydrogens (tertiary/aromatic N) is 2. The van der Waals surface area contributed by atoms with Crippen LogP contribution >= 0.6 is 0 Å². The average Bonchev–Trinajstić information content (AvgIpc) is 2.56. The standard InChI is InChI=1S/C11H17N3O2/c1-9-8-16-10(12-9)13-11(15)14-6-4-2-3-5-7-14/h8H,2-7H2,1H3,(H,12,13,15). The molecule has 0 bridgehead atoms. The number of likely N-dealkylation sites (tertiary alicyclic amines) is 1. The number of rotatable bonds is 1. The molecule has 1 aromatic heterocycles. The molecule has 2 rings (SSSR count). The second kappa shape index (κ2) is 5.01. The number of urea groups is 1. The van der Waals surface area contributed by atoms with E-state index < -0.39 is 0 Å². The molecule has 16 heavy (non-hydrogen) atoms. The lowest BCUT2D eigenvalue weighted by molar-refractivity contribution is 0.213. The van der Waals surface area contributed by atoms with Gasteiger partial charge in [0.05, 0.1) is 5.69 Å². The van der Waals surface area contributed by atoms with Gasteiger partial charge in [-0.1, -0.05) is 12.8 Å². The number of carbonyl (C=O) groups is 1. The summed E-state index contributed by atoms with van der Waals surface area (Å²) in [4.78, 5) is 17.7.